The van der Waals surface area contributed by atoms with Crippen molar-refractivity contribution >= 4 is 17.7 Å². The Labute approximate surface area is 165 Å². The van der Waals surface area contributed by atoms with Gasteiger partial charge in [-0.1, -0.05) is 18.2 Å². The lowest BCUT2D eigenvalue weighted by molar-refractivity contribution is -0.138. The first-order chi connectivity index (χ1) is 13.4. The molecule has 2 aromatic rings. The predicted octanol–water partition coefficient (Wildman–Crippen LogP) is 4.63. The summed E-state index contributed by atoms with van der Waals surface area (Å²) >= 11 is 1.81. The molecule has 2 aliphatic rings. The van der Waals surface area contributed by atoms with Crippen molar-refractivity contribution in [1.29, 1.82) is 0 Å². The number of hydrogen-bond acceptors (Lipinski definition) is 3. The number of likely N-dealkylation sites (tertiary alicyclic amines) is 1. The number of carbonyl (C=O) groups is 1. The van der Waals surface area contributed by atoms with E-state index in [4.69, 9.17) is 0 Å². The largest absolute Gasteiger partial charge is 0.416 e. The molecule has 4 rings (SSSR count). The SMILES string of the molecule is O=C(c1n[nH]c2c1CSCCC2)N1CCC(c2ccccc2C(F)(F)F)CC1. The third-order valence-corrected chi connectivity index (χ3v) is 6.68. The number of fused-ring (bicyclic) bond motifs is 1. The number of carbonyl (C=O) groups excluding carboxylic acids is 1. The second kappa shape index (κ2) is 7.81. The maximum Gasteiger partial charge on any atom is 0.416 e. The highest BCUT2D eigenvalue weighted by Gasteiger charge is 2.36. The molecule has 0 radical (unpaired) electrons. The number of nitrogens with zero attached hydrogens (tertiary/aromatic N) is 2. The Bertz CT molecular complexity index is 857. The quantitative estimate of drug-likeness (QED) is 0.787. The van der Waals surface area contributed by atoms with Crippen LogP contribution in [0.4, 0.5) is 13.2 Å². The van der Waals surface area contributed by atoms with Crippen LogP contribution in [-0.2, 0) is 18.3 Å². The van der Waals surface area contributed by atoms with Crippen LogP contribution in [0.3, 0.4) is 0 Å². The average molecular weight is 409 g/mol. The zero-order valence-electron chi connectivity index (χ0n) is 15.4. The summed E-state index contributed by atoms with van der Waals surface area (Å²) in [4.78, 5) is 14.7. The van der Waals surface area contributed by atoms with Crippen molar-refractivity contribution in [3.8, 4) is 0 Å². The number of nitrogens with one attached hydrogen (secondary N) is 1. The minimum atomic E-state index is -4.35. The molecule has 4 nitrogen and oxygen atoms in total. The van der Waals surface area contributed by atoms with Crippen molar-refractivity contribution in [3.63, 3.8) is 0 Å². The minimum absolute atomic E-state index is 0.109. The van der Waals surface area contributed by atoms with E-state index in [0.29, 0.717) is 37.2 Å². The van der Waals surface area contributed by atoms with E-state index in [1.807, 2.05) is 0 Å². The molecule has 0 aliphatic carbocycles. The lowest BCUT2D eigenvalue weighted by atomic mass is 9.86. The molecule has 1 saturated heterocycles. The maximum absolute atomic E-state index is 13.3. The van der Waals surface area contributed by atoms with E-state index in [2.05, 4.69) is 10.2 Å². The number of aryl methyl sites for hydroxylation is 1. The fourth-order valence-electron chi connectivity index (χ4n) is 4.12. The van der Waals surface area contributed by atoms with Gasteiger partial charge in [0.25, 0.3) is 5.91 Å². The van der Waals surface area contributed by atoms with E-state index in [1.54, 1.807) is 28.8 Å². The first-order valence-corrected chi connectivity index (χ1v) is 10.7. The van der Waals surface area contributed by atoms with Crippen LogP contribution in [0, 0.1) is 0 Å². The van der Waals surface area contributed by atoms with Gasteiger partial charge in [-0.15, -0.1) is 0 Å². The number of amides is 1. The molecule has 1 aromatic heterocycles. The Morgan fingerprint density at radius 2 is 1.96 bits per heavy atom. The van der Waals surface area contributed by atoms with E-state index in [1.165, 1.54) is 6.07 Å². The number of aromatic amines is 1. The molecule has 0 atom stereocenters. The van der Waals surface area contributed by atoms with Gasteiger partial charge in [-0.3, -0.25) is 9.89 Å². The highest BCUT2D eigenvalue weighted by molar-refractivity contribution is 7.98. The van der Waals surface area contributed by atoms with Gasteiger partial charge in [0, 0.05) is 30.1 Å². The zero-order chi connectivity index (χ0) is 19.7. The fraction of sp³-hybridized carbons (Fsp3) is 0.500. The van der Waals surface area contributed by atoms with Crippen LogP contribution in [0.5, 0.6) is 0 Å². The standard InChI is InChI=1S/C20H22F3N3OS/c21-20(22,23)16-5-2-1-4-14(16)13-7-9-26(10-8-13)19(27)18-15-12-28-11-3-6-17(15)24-25-18/h1-2,4-5,13H,3,6-12H2,(H,24,25). The second-order valence-corrected chi connectivity index (χ2v) is 8.44. The third kappa shape index (κ3) is 3.79. The predicted molar refractivity (Wildman–Crippen MR) is 102 cm³/mol. The Morgan fingerprint density at radius 3 is 2.71 bits per heavy atom. The molecule has 8 heteroatoms. The summed E-state index contributed by atoms with van der Waals surface area (Å²) in [7, 11) is 0. The average Bonchev–Trinajstić information content (AvgIpc) is 2.95. The normalized spacial score (nSPS) is 18.6. The number of hydrogen-bond donors (Lipinski definition) is 1. The maximum atomic E-state index is 13.3. The van der Waals surface area contributed by atoms with Crippen molar-refractivity contribution < 1.29 is 18.0 Å². The van der Waals surface area contributed by atoms with E-state index < -0.39 is 11.7 Å². The summed E-state index contributed by atoms with van der Waals surface area (Å²) in [6.07, 6.45) is -1.33. The second-order valence-electron chi connectivity index (χ2n) is 7.34. The van der Waals surface area contributed by atoms with Crippen LogP contribution in [0.2, 0.25) is 0 Å². The van der Waals surface area contributed by atoms with E-state index in [0.717, 1.165) is 41.7 Å². The zero-order valence-corrected chi connectivity index (χ0v) is 16.2. The highest BCUT2D eigenvalue weighted by Crippen LogP contribution is 2.39. The summed E-state index contributed by atoms with van der Waals surface area (Å²) in [5, 5.41) is 7.27. The van der Waals surface area contributed by atoms with Gasteiger partial charge >= 0.3 is 6.18 Å². The van der Waals surface area contributed by atoms with Gasteiger partial charge in [0.2, 0.25) is 0 Å². The number of H-pyrrole nitrogens is 1. The molecule has 1 fully saturated rings. The smallest absolute Gasteiger partial charge is 0.337 e. The van der Waals surface area contributed by atoms with Gasteiger partial charge in [0.05, 0.1) is 5.56 Å². The fourth-order valence-corrected chi connectivity index (χ4v) is 5.13. The van der Waals surface area contributed by atoms with Crippen LogP contribution in [0.25, 0.3) is 0 Å². The van der Waals surface area contributed by atoms with E-state index in [-0.39, 0.29) is 11.8 Å². The molecule has 0 saturated carbocycles. The topological polar surface area (TPSA) is 49.0 Å². The van der Waals surface area contributed by atoms with Crippen LogP contribution in [-0.4, -0.2) is 39.8 Å². The third-order valence-electron chi connectivity index (χ3n) is 5.61. The summed E-state index contributed by atoms with van der Waals surface area (Å²) in [6.45, 7) is 0.898. The Hall–Kier alpha value is -1.96. The first kappa shape index (κ1) is 19.4. The summed E-state index contributed by atoms with van der Waals surface area (Å²) in [6, 6.07) is 5.78. The van der Waals surface area contributed by atoms with Crippen molar-refractivity contribution in [2.45, 2.75) is 43.5 Å². The van der Waals surface area contributed by atoms with Crippen molar-refractivity contribution in [3.05, 3.63) is 52.3 Å². The van der Waals surface area contributed by atoms with Gasteiger partial charge in [0.15, 0.2) is 5.69 Å². The molecular formula is C20H22F3N3OS. The molecule has 1 aromatic carbocycles. The van der Waals surface area contributed by atoms with Crippen molar-refractivity contribution in [2.24, 2.45) is 0 Å². The number of benzene rings is 1. The van der Waals surface area contributed by atoms with Gasteiger partial charge < -0.3 is 4.90 Å². The van der Waals surface area contributed by atoms with Crippen molar-refractivity contribution in [2.75, 3.05) is 18.8 Å². The molecule has 1 amide bonds. The molecule has 28 heavy (non-hydrogen) atoms. The van der Waals surface area contributed by atoms with Crippen LogP contribution in [0.1, 0.15) is 58.1 Å². The number of thioether (sulfide) groups is 1. The van der Waals surface area contributed by atoms with Gasteiger partial charge in [-0.2, -0.15) is 30.0 Å². The Balaban J connectivity index is 1.47. The minimum Gasteiger partial charge on any atom is -0.337 e. The number of aromatic nitrogens is 2. The number of rotatable bonds is 2. The summed E-state index contributed by atoms with van der Waals surface area (Å²) in [5.74, 6) is 1.55. The molecular weight excluding hydrogens is 387 g/mol. The molecule has 0 bridgehead atoms. The molecule has 3 heterocycles. The number of alkyl halides is 3. The van der Waals surface area contributed by atoms with E-state index in [9.17, 15) is 18.0 Å². The van der Waals surface area contributed by atoms with Crippen molar-refractivity contribution in [1.82, 2.24) is 15.1 Å². The van der Waals surface area contributed by atoms with E-state index >= 15 is 0 Å². The van der Waals surface area contributed by atoms with Gasteiger partial charge in [-0.05, 0) is 49.0 Å². The van der Waals surface area contributed by atoms with Crippen LogP contribution >= 0.6 is 11.8 Å². The summed E-state index contributed by atoms with van der Waals surface area (Å²) in [5.41, 5.74) is 2.31. The Kier molecular flexibility index (Phi) is 5.40. The van der Waals surface area contributed by atoms with Gasteiger partial charge in [-0.25, -0.2) is 0 Å². The number of piperidine rings is 1. The molecule has 0 spiro atoms. The molecule has 150 valence electrons. The van der Waals surface area contributed by atoms with Crippen LogP contribution < -0.4 is 0 Å². The summed E-state index contributed by atoms with van der Waals surface area (Å²) < 4.78 is 39.9. The van der Waals surface area contributed by atoms with Crippen LogP contribution in [0.15, 0.2) is 24.3 Å². The molecule has 2 aliphatic heterocycles. The number of halogens is 3. The molecule has 1 N–H and O–H groups in total. The lowest BCUT2D eigenvalue weighted by Gasteiger charge is -2.33. The molecule has 0 unspecified atom stereocenters. The van der Waals surface area contributed by atoms with Gasteiger partial charge in [0.1, 0.15) is 0 Å². The monoisotopic (exact) mass is 409 g/mol. The highest BCUT2D eigenvalue weighted by atomic mass is 32.2. The lowest BCUT2D eigenvalue weighted by Crippen LogP contribution is -2.38. The first-order valence-electron chi connectivity index (χ1n) is 9.54. The Morgan fingerprint density at radius 1 is 1.21 bits per heavy atom.